The van der Waals surface area contributed by atoms with E-state index in [0.717, 1.165) is 60.9 Å². The van der Waals surface area contributed by atoms with Gasteiger partial charge in [-0.05, 0) is 0 Å². The Bertz CT molecular complexity index is 72.4. The van der Waals surface area contributed by atoms with Crippen molar-refractivity contribution in [3.8, 4) is 0 Å². The third-order valence-electron chi connectivity index (χ3n) is 0. The molecule has 0 bridgehead atoms. The summed E-state index contributed by atoms with van der Waals surface area (Å²) in [7, 11) is -5.61. The van der Waals surface area contributed by atoms with E-state index in [2.05, 4.69) is 46.3 Å². The first kappa shape index (κ1) is 31.5. The van der Waals surface area contributed by atoms with Crippen LogP contribution in [0.1, 0.15) is 0 Å². The van der Waals surface area contributed by atoms with Crippen molar-refractivity contribution in [3.63, 3.8) is 0 Å². The van der Waals surface area contributed by atoms with Crippen LogP contribution >= 0.6 is 0 Å². The Kier molecular flexibility index (Phi) is 67.1. The third kappa shape index (κ3) is 996. The minimum absolute atomic E-state index is 0.750. The molecule has 96 valence electrons. The van der Waals surface area contributed by atoms with E-state index >= 15 is 0 Å². The van der Waals surface area contributed by atoms with Crippen molar-refractivity contribution in [2.45, 2.75) is 46.3 Å². The zero-order chi connectivity index (χ0) is 15.3. The molecule has 0 aliphatic heterocycles. The second-order valence-corrected chi connectivity index (χ2v) is 8.43. The molecule has 0 amide bonds. The van der Waals surface area contributed by atoms with Gasteiger partial charge in [-0.3, -0.25) is 0 Å². The Hall–Kier alpha value is 2.19. The Labute approximate surface area is 134 Å². The van der Waals surface area contributed by atoms with Crippen LogP contribution in [0.25, 0.3) is 0 Å². The van der Waals surface area contributed by atoms with Gasteiger partial charge in [0, 0.05) is 0 Å². The molecule has 0 aromatic heterocycles. The molecule has 0 spiro atoms. The second-order valence-electron chi connectivity index (χ2n) is 2.81. The zero-order valence-corrected chi connectivity index (χ0v) is 18.1. The van der Waals surface area contributed by atoms with Gasteiger partial charge in [-0.2, -0.15) is 0 Å². The average molecular weight is 320 g/mol. The van der Waals surface area contributed by atoms with Crippen molar-refractivity contribution in [3.05, 3.63) is 0 Å². The van der Waals surface area contributed by atoms with E-state index in [9.17, 15) is 0 Å². The average Bonchev–Trinajstić information content (AvgIpc) is 2.04. The van der Waals surface area contributed by atoms with Crippen LogP contribution in [0.3, 0.4) is 0 Å². The normalized spacial score (nSPS) is 5.88. The van der Waals surface area contributed by atoms with Crippen LogP contribution in [0.5, 0.6) is 0 Å². The standard InChI is InChI=1S/8CH3.4Al.O4Si/c;;;;;;;;;;;;1-5(2,3)4/h8*1H3;;;;;/q;;;;;;;;4*+1;-4. The molecule has 0 heterocycles. The maximum Gasteiger partial charge on any atom is -0.426 e. The van der Waals surface area contributed by atoms with Crippen molar-refractivity contribution >= 4 is 69.9 Å². The van der Waals surface area contributed by atoms with E-state index in [4.69, 9.17) is 19.2 Å². The van der Waals surface area contributed by atoms with Crippen LogP contribution in [0, 0.1) is 0 Å². The van der Waals surface area contributed by atoms with Gasteiger partial charge in [0.25, 0.3) is 0 Å². The first-order valence-electron chi connectivity index (χ1n) is 5.44. The zero-order valence-electron chi connectivity index (χ0n) is 12.4. The molecule has 0 aromatic carbocycles. The SMILES string of the molecule is [CH3][Al+][CH3].[CH3][Al+][CH3].[CH3][Al+][CH3].[CH3][Al+][CH3].[O-][Si]([O-])([O-])[O-]. The van der Waals surface area contributed by atoms with Crippen LogP contribution in [0.2, 0.25) is 46.3 Å². The van der Waals surface area contributed by atoms with E-state index in [1.807, 2.05) is 0 Å². The molecule has 0 unspecified atom stereocenters. The van der Waals surface area contributed by atoms with Crippen LogP contribution in [-0.4, -0.2) is 69.9 Å². The molecular weight excluding hydrogens is 296 g/mol. The van der Waals surface area contributed by atoms with E-state index in [1.54, 1.807) is 0 Å². The summed E-state index contributed by atoms with van der Waals surface area (Å²) in [5.74, 6) is 17.7. The molecule has 0 aromatic rings. The maximum absolute atomic E-state index is 8.58. The summed E-state index contributed by atoms with van der Waals surface area (Å²) in [6, 6.07) is 0. The van der Waals surface area contributed by atoms with Crippen LogP contribution in [0.4, 0.5) is 0 Å². The Balaban J connectivity index is -0.0000000362. The molecule has 0 fully saturated rings. The molecule has 9 heteroatoms. The maximum atomic E-state index is 8.58. The van der Waals surface area contributed by atoms with Gasteiger partial charge in [-0.1, -0.05) is 0 Å². The smallest absolute Gasteiger partial charge is 0.426 e. The van der Waals surface area contributed by atoms with Gasteiger partial charge in [-0.25, -0.2) is 0 Å². The largest absolute Gasteiger partial charge is 0.894 e. The summed E-state index contributed by atoms with van der Waals surface area (Å²) < 4.78 is 0. The summed E-state index contributed by atoms with van der Waals surface area (Å²) in [5.41, 5.74) is 0. The van der Waals surface area contributed by atoms with Gasteiger partial charge in [-0.15, -0.1) is 0 Å². The molecule has 0 saturated heterocycles. The fourth-order valence-electron chi connectivity index (χ4n) is 0. The minimum atomic E-state index is -5.61. The summed E-state index contributed by atoms with van der Waals surface area (Å²) >= 11 is 3.00. The van der Waals surface area contributed by atoms with E-state index in [1.165, 1.54) is 0 Å². The molecule has 0 rings (SSSR count). The molecule has 4 nitrogen and oxygen atoms in total. The number of rotatable bonds is 0. The molecule has 17 heavy (non-hydrogen) atoms. The van der Waals surface area contributed by atoms with E-state index in [-0.39, 0.29) is 0 Å². The quantitative estimate of drug-likeness (QED) is 0.483. The fraction of sp³-hybridized carbons (Fsp3) is 1.00. The van der Waals surface area contributed by atoms with Crippen molar-refractivity contribution in [1.82, 2.24) is 0 Å². The summed E-state index contributed by atoms with van der Waals surface area (Å²) in [4.78, 5) is 34.3. The second kappa shape index (κ2) is 36.2. The third-order valence-corrected chi connectivity index (χ3v) is 0. The molecule has 0 radical (unpaired) electrons. The van der Waals surface area contributed by atoms with Gasteiger partial charge < -0.3 is 28.2 Å². The van der Waals surface area contributed by atoms with Gasteiger partial charge in [0.15, 0.2) is 0 Å². The molecular formula is C8H24Al4O4Si. The fourth-order valence-corrected chi connectivity index (χ4v) is 0. The van der Waals surface area contributed by atoms with Gasteiger partial charge >= 0.3 is 107 Å². The minimum Gasteiger partial charge on any atom is -0.894 e. The van der Waals surface area contributed by atoms with E-state index < -0.39 is 9.05 Å². The molecule has 0 atom stereocenters. The Morgan fingerprint density at radius 1 is 0.471 bits per heavy atom. The summed E-state index contributed by atoms with van der Waals surface area (Å²) in [5, 5.41) is 0. The van der Waals surface area contributed by atoms with Gasteiger partial charge in [0.2, 0.25) is 0 Å². The predicted octanol–water partition coefficient (Wildman–Crippen LogP) is -1.99. The van der Waals surface area contributed by atoms with Gasteiger partial charge in [0.1, 0.15) is 0 Å². The van der Waals surface area contributed by atoms with Crippen molar-refractivity contribution in [2.24, 2.45) is 0 Å². The first-order chi connectivity index (χ1) is 7.66. The van der Waals surface area contributed by atoms with Crippen molar-refractivity contribution in [1.29, 1.82) is 0 Å². The van der Waals surface area contributed by atoms with E-state index in [0.29, 0.717) is 0 Å². The summed E-state index contributed by atoms with van der Waals surface area (Å²) in [6.07, 6.45) is 0. The molecule has 0 saturated carbocycles. The van der Waals surface area contributed by atoms with Crippen LogP contribution in [-0.2, 0) is 0 Å². The summed E-state index contributed by atoms with van der Waals surface area (Å²) in [6.45, 7) is 0. The number of hydrogen-bond donors (Lipinski definition) is 0. The van der Waals surface area contributed by atoms with Crippen molar-refractivity contribution in [2.75, 3.05) is 0 Å². The monoisotopic (exact) mass is 320 g/mol. The van der Waals surface area contributed by atoms with Crippen LogP contribution < -0.4 is 19.2 Å². The predicted molar refractivity (Wildman–Crippen MR) is 75.7 cm³/mol. The Morgan fingerprint density at radius 3 is 0.471 bits per heavy atom. The molecule has 0 aliphatic rings. The Morgan fingerprint density at radius 2 is 0.471 bits per heavy atom. The first-order valence-corrected chi connectivity index (χ1v) is 16.3. The topological polar surface area (TPSA) is 92.2 Å². The molecule has 0 N–H and O–H groups in total. The van der Waals surface area contributed by atoms with Crippen molar-refractivity contribution < 1.29 is 19.2 Å². The van der Waals surface area contributed by atoms with Crippen LogP contribution in [0.15, 0.2) is 0 Å². The van der Waals surface area contributed by atoms with Gasteiger partial charge in [0.05, 0.1) is 0 Å². The molecule has 0 aliphatic carbocycles. The number of hydrogen-bond acceptors (Lipinski definition) is 4.